The number of anilines is 1. The molecule has 0 fully saturated rings. The summed E-state index contributed by atoms with van der Waals surface area (Å²) in [7, 11) is 0. The van der Waals surface area contributed by atoms with Crippen molar-refractivity contribution in [1.29, 1.82) is 0 Å². The largest absolute Gasteiger partial charge is 0.352 e. The van der Waals surface area contributed by atoms with Crippen LogP contribution in [0, 0.1) is 0 Å². The van der Waals surface area contributed by atoms with Crippen molar-refractivity contribution in [3.8, 4) is 0 Å². The summed E-state index contributed by atoms with van der Waals surface area (Å²) in [5.41, 5.74) is 2.41. The standard InChI is InChI=1S/C10H16N6O2/c1-6(2)13-9(17)5-12-10(18)7-3-4-8(14-11)16-15-7/h3-4,6H,5,11H2,1-2H3,(H,12,18)(H,13,17)(H,14,16). The molecule has 1 aromatic heterocycles. The predicted octanol–water partition coefficient (Wildman–Crippen LogP) is -0.983. The molecule has 0 aliphatic heterocycles. The van der Waals surface area contributed by atoms with E-state index in [4.69, 9.17) is 5.84 Å². The Kier molecular flexibility index (Phi) is 5.00. The zero-order chi connectivity index (χ0) is 13.5. The zero-order valence-electron chi connectivity index (χ0n) is 10.2. The van der Waals surface area contributed by atoms with Gasteiger partial charge in [-0.1, -0.05) is 0 Å². The molecular formula is C10H16N6O2. The fourth-order valence-electron chi connectivity index (χ4n) is 1.15. The van der Waals surface area contributed by atoms with Crippen molar-refractivity contribution in [2.24, 2.45) is 5.84 Å². The van der Waals surface area contributed by atoms with Gasteiger partial charge in [0.05, 0.1) is 6.54 Å². The Bertz CT molecular complexity index is 417. The first-order chi connectivity index (χ1) is 8.52. The number of carbonyl (C=O) groups is 2. The number of nitrogens with zero attached hydrogens (tertiary/aromatic N) is 2. The van der Waals surface area contributed by atoms with Crippen molar-refractivity contribution in [1.82, 2.24) is 20.8 Å². The molecule has 0 radical (unpaired) electrons. The molecular weight excluding hydrogens is 236 g/mol. The summed E-state index contributed by atoms with van der Waals surface area (Å²) in [5.74, 6) is 4.74. The van der Waals surface area contributed by atoms with Crippen LogP contribution < -0.4 is 21.9 Å². The molecule has 1 heterocycles. The van der Waals surface area contributed by atoms with Gasteiger partial charge in [0.25, 0.3) is 5.91 Å². The van der Waals surface area contributed by atoms with E-state index in [1.807, 2.05) is 13.8 Å². The number of aromatic nitrogens is 2. The maximum absolute atomic E-state index is 11.6. The second-order valence-electron chi connectivity index (χ2n) is 3.85. The van der Waals surface area contributed by atoms with E-state index in [1.165, 1.54) is 12.1 Å². The van der Waals surface area contributed by atoms with Gasteiger partial charge in [0, 0.05) is 6.04 Å². The van der Waals surface area contributed by atoms with Crippen LogP contribution in [0.15, 0.2) is 12.1 Å². The highest BCUT2D eigenvalue weighted by molar-refractivity contribution is 5.94. The van der Waals surface area contributed by atoms with Gasteiger partial charge in [-0.05, 0) is 26.0 Å². The molecule has 0 unspecified atom stereocenters. The molecule has 0 saturated carbocycles. The molecule has 2 amide bonds. The van der Waals surface area contributed by atoms with Crippen molar-refractivity contribution < 1.29 is 9.59 Å². The smallest absolute Gasteiger partial charge is 0.272 e. The first-order valence-corrected chi connectivity index (χ1v) is 5.41. The van der Waals surface area contributed by atoms with Crippen molar-refractivity contribution in [3.63, 3.8) is 0 Å². The van der Waals surface area contributed by atoms with Crippen LogP contribution in [-0.2, 0) is 4.79 Å². The summed E-state index contributed by atoms with van der Waals surface area (Å²) >= 11 is 0. The van der Waals surface area contributed by atoms with Crippen LogP contribution >= 0.6 is 0 Å². The molecule has 5 N–H and O–H groups in total. The van der Waals surface area contributed by atoms with Crippen LogP contribution in [0.25, 0.3) is 0 Å². The third-order valence-corrected chi connectivity index (χ3v) is 1.90. The van der Waals surface area contributed by atoms with Crippen LogP contribution in [0.2, 0.25) is 0 Å². The number of rotatable bonds is 5. The van der Waals surface area contributed by atoms with Crippen molar-refractivity contribution in [2.75, 3.05) is 12.0 Å². The van der Waals surface area contributed by atoms with E-state index in [2.05, 4.69) is 26.3 Å². The van der Waals surface area contributed by atoms with Crippen molar-refractivity contribution in [3.05, 3.63) is 17.8 Å². The van der Waals surface area contributed by atoms with E-state index in [0.29, 0.717) is 5.82 Å². The Balaban J connectivity index is 2.47. The van der Waals surface area contributed by atoms with Crippen molar-refractivity contribution in [2.45, 2.75) is 19.9 Å². The maximum atomic E-state index is 11.6. The molecule has 1 rings (SSSR count). The maximum Gasteiger partial charge on any atom is 0.272 e. The van der Waals surface area contributed by atoms with Crippen LogP contribution in [0.4, 0.5) is 5.82 Å². The number of hydrogen-bond acceptors (Lipinski definition) is 6. The number of amides is 2. The van der Waals surface area contributed by atoms with Crippen LogP contribution in [0.5, 0.6) is 0 Å². The Hall–Kier alpha value is -2.22. The van der Waals surface area contributed by atoms with Gasteiger partial charge in [0.2, 0.25) is 5.91 Å². The minimum atomic E-state index is -0.468. The summed E-state index contributed by atoms with van der Waals surface area (Å²) in [5, 5.41) is 12.4. The normalized spacial score (nSPS) is 10.0. The fraction of sp³-hybridized carbons (Fsp3) is 0.400. The van der Waals surface area contributed by atoms with Gasteiger partial charge >= 0.3 is 0 Å². The average molecular weight is 252 g/mol. The third kappa shape index (κ3) is 4.34. The van der Waals surface area contributed by atoms with Gasteiger partial charge < -0.3 is 16.1 Å². The number of carbonyl (C=O) groups excluding carboxylic acids is 2. The lowest BCUT2D eigenvalue weighted by Crippen LogP contribution is -2.40. The highest BCUT2D eigenvalue weighted by Gasteiger charge is 2.10. The van der Waals surface area contributed by atoms with Crippen LogP contribution in [0.3, 0.4) is 0 Å². The summed E-state index contributed by atoms with van der Waals surface area (Å²) in [6.07, 6.45) is 0. The SMILES string of the molecule is CC(C)NC(=O)CNC(=O)c1ccc(NN)nn1. The molecule has 0 aliphatic rings. The molecule has 0 spiro atoms. The summed E-state index contributed by atoms with van der Waals surface area (Å²) in [4.78, 5) is 22.9. The topological polar surface area (TPSA) is 122 Å². The van der Waals surface area contributed by atoms with Gasteiger partial charge in [-0.2, -0.15) is 0 Å². The van der Waals surface area contributed by atoms with Crippen LogP contribution in [-0.4, -0.2) is 34.6 Å². The van der Waals surface area contributed by atoms with E-state index in [1.54, 1.807) is 0 Å². The lowest BCUT2D eigenvalue weighted by Gasteiger charge is -2.08. The third-order valence-electron chi connectivity index (χ3n) is 1.90. The second-order valence-corrected chi connectivity index (χ2v) is 3.85. The fourth-order valence-corrected chi connectivity index (χ4v) is 1.15. The van der Waals surface area contributed by atoms with E-state index < -0.39 is 5.91 Å². The Morgan fingerprint density at radius 2 is 2.06 bits per heavy atom. The number of nitrogens with two attached hydrogens (primary N) is 1. The highest BCUT2D eigenvalue weighted by atomic mass is 16.2. The number of hydrazine groups is 1. The van der Waals surface area contributed by atoms with E-state index >= 15 is 0 Å². The lowest BCUT2D eigenvalue weighted by atomic mass is 10.3. The molecule has 18 heavy (non-hydrogen) atoms. The first kappa shape index (κ1) is 13.8. The quantitative estimate of drug-likeness (QED) is 0.394. The number of nitrogens with one attached hydrogen (secondary N) is 3. The monoisotopic (exact) mass is 252 g/mol. The Morgan fingerprint density at radius 3 is 2.56 bits per heavy atom. The molecule has 0 aliphatic carbocycles. The van der Waals surface area contributed by atoms with E-state index in [-0.39, 0.29) is 24.2 Å². The van der Waals surface area contributed by atoms with Crippen LogP contribution in [0.1, 0.15) is 24.3 Å². The lowest BCUT2D eigenvalue weighted by molar-refractivity contribution is -0.120. The Morgan fingerprint density at radius 1 is 1.33 bits per heavy atom. The minimum absolute atomic E-state index is 0.0316. The molecule has 0 atom stereocenters. The first-order valence-electron chi connectivity index (χ1n) is 5.41. The molecule has 0 bridgehead atoms. The van der Waals surface area contributed by atoms with Gasteiger partial charge in [0.1, 0.15) is 0 Å². The second kappa shape index (κ2) is 6.50. The average Bonchev–Trinajstić information content (AvgIpc) is 2.35. The minimum Gasteiger partial charge on any atom is -0.352 e. The zero-order valence-corrected chi connectivity index (χ0v) is 10.2. The van der Waals surface area contributed by atoms with Crippen molar-refractivity contribution >= 4 is 17.6 Å². The number of hydrogen-bond donors (Lipinski definition) is 4. The molecule has 0 aromatic carbocycles. The summed E-state index contributed by atoms with van der Waals surface area (Å²) in [6, 6.07) is 3.00. The van der Waals surface area contributed by atoms with Gasteiger partial charge in [-0.15, -0.1) is 10.2 Å². The summed E-state index contributed by atoms with van der Waals surface area (Å²) in [6.45, 7) is 3.57. The summed E-state index contributed by atoms with van der Waals surface area (Å²) < 4.78 is 0. The van der Waals surface area contributed by atoms with Gasteiger partial charge in [-0.25, -0.2) is 5.84 Å². The van der Waals surface area contributed by atoms with Gasteiger partial charge in [0.15, 0.2) is 11.5 Å². The molecule has 8 nitrogen and oxygen atoms in total. The highest BCUT2D eigenvalue weighted by Crippen LogP contribution is 1.99. The molecule has 0 saturated heterocycles. The van der Waals surface area contributed by atoms with E-state index in [0.717, 1.165) is 0 Å². The Labute approximate surface area is 104 Å². The molecule has 8 heteroatoms. The van der Waals surface area contributed by atoms with Gasteiger partial charge in [-0.3, -0.25) is 9.59 Å². The molecule has 1 aromatic rings. The van der Waals surface area contributed by atoms with E-state index in [9.17, 15) is 9.59 Å². The number of nitrogen functional groups attached to an aromatic ring is 1. The molecule has 98 valence electrons. The predicted molar refractivity (Wildman–Crippen MR) is 65.5 cm³/mol.